The van der Waals surface area contributed by atoms with Gasteiger partial charge in [0.05, 0.1) is 18.4 Å². The Balaban J connectivity index is 2.08. The summed E-state index contributed by atoms with van der Waals surface area (Å²) in [6.07, 6.45) is 1.54. The number of hydrogen-bond acceptors (Lipinski definition) is 6. The standard InChI is InChI=1S/C11H13N7O2/c1-7-9(3-12)11(17(2)15-7)13-4-8-5-18(16-14-8)6-10(19)20/h5,13H,4,6H2,1-2H3,(H,19,20). The summed E-state index contributed by atoms with van der Waals surface area (Å²) in [6.45, 7) is 1.85. The molecule has 0 atom stereocenters. The number of nitrogens with zero attached hydrogens (tertiary/aromatic N) is 6. The summed E-state index contributed by atoms with van der Waals surface area (Å²) in [4.78, 5) is 10.5. The molecule has 2 N–H and O–H groups in total. The number of hydrogen-bond donors (Lipinski definition) is 2. The maximum Gasteiger partial charge on any atom is 0.325 e. The van der Waals surface area contributed by atoms with Gasteiger partial charge in [-0.2, -0.15) is 10.4 Å². The van der Waals surface area contributed by atoms with Gasteiger partial charge in [0, 0.05) is 7.05 Å². The van der Waals surface area contributed by atoms with E-state index in [1.54, 1.807) is 18.7 Å². The maximum atomic E-state index is 10.5. The van der Waals surface area contributed by atoms with Crippen LogP contribution in [0, 0.1) is 18.3 Å². The Kier molecular flexibility index (Phi) is 3.65. The van der Waals surface area contributed by atoms with Crippen molar-refractivity contribution in [1.82, 2.24) is 24.8 Å². The molecule has 9 nitrogen and oxygen atoms in total. The van der Waals surface area contributed by atoms with E-state index >= 15 is 0 Å². The van der Waals surface area contributed by atoms with E-state index in [1.807, 2.05) is 0 Å². The Labute approximate surface area is 114 Å². The van der Waals surface area contributed by atoms with Crippen molar-refractivity contribution < 1.29 is 9.90 Å². The molecule has 0 saturated heterocycles. The van der Waals surface area contributed by atoms with E-state index in [-0.39, 0.29) is 6.54 Å². The molecule has 0 saturated carbocycles. The fourth-order valence-electron chi connectivity index (χ4n) is 1.80. The Hall–Kier alpha value is -2.89. The first-order chi connectivity index (χ1) is 9.51. The number of aromatic nitrogens is 5. The van der Waals surface area contributed by atoms with Gasteiger partial charge in [0.2, 0.25) is 0 Å². The zero-order chi connectivity index (χ0) is 14.7. The molecule has 0 aliphatic rings. The van der Waals surface area contributed by atoms with Crippen molar-refractivity contribution in [3.05, 3.63) is 23.1 Å². The lowest BCUT2D eigenvalue weighted by molar-refractivity contribution is -0.137. The highest BCUT2D eigenvalue weighted by Crippen LogP contribution is 2.17. The van der Waals surface area contributed by atoms with Crippen LogP contribution in [0.15, 0.2) is 6.20 Å². The van der Waals surface area contributed by atoms with Crippen molar-refractivity contribution in [2.75, 3.05) is 5.32 Å². The number of carboxylic acid groups (broad SMARTS) is 1. The van der Waals surface area contributed by atoms with Gasteiger partial charge in [-0.1, -0.05) is 5.21 Å². The minimum Gasteiger partial charge on any atom is -0.480 e. The van der Waals surface area contributed by atoms with E-state index in [2.05, 4.69) is 26.8 Å². The fourth-order valence-corrected chi connectivity index (χ4v) is 1.80. The molecule has 9 heteroatoms. The molecule has 0 fully saturated rings. The molecule has 2 heterocycles. The lowest BCUT2D eigenvalue weighted by Crippen LogP contribution is -2.09. The summed E-state index contributed by atoms with van der Waals surface area (Å²) in [5.41, 5.74) is 1.70. The summed E-state index contributed by atoms with van der Waals surface area (Å²) in [6, 6.07) is 2.09. The molecule has 0 radical (unpaired) electrons. The summed E-state index contributed by atoms with van der Waals surface area (Å²) >= 11 is 0. The van der Waals surface area contributed by atoms with Gasteiger partial charge in [-0.3, -0.25) is 9.48 Å². The molecule has 2 rings (SSSR count). The molecule has 0 aliphatic heterocycles. The fraction of sp³-hybridized carbons (Fsp3) is 0.364. The van der Waals surface area contributed by atoms with Gasteiger partial charge < -0.3 is 10.4 Å². The quantitative estimate of drug-likeness (QED) is 0.780. The van der Waals surface area contributed by atoms with Crippen LogP contribution in [-0.4, -0.2) is 35.9 Å². The first-order valence-electron chi connectivity index (χ1n) is 5.79. The normalized spacial score (nSPS) is 10.2. The first-order valence-corrected chi connectivity index (χ1v) is 5.79. The Morgan fingerprint density at radius 3 is 3.00 bits per heavy atom. The zero-order valence-electron chi connectivity index (χ0n) is 11.0. The third-order valence-electron chi connectivity index (χ3n) is 2.65. The van der Waals surface area contributed by atoms with Crippen molar-refractivity contribution in [3.8, 4) is 6.07 Å². The Bertz CT molecular complexity index is 679. The smallest absolute Gasteiger partial charge is 0.325 e. The second-order valence-corrected chi connectivity index (χ2v) is 4.20. The van der Waals surface area contributed by atoms with Crippen LogP contribution < -0.4 is 5.32 Å². The van der Waals surface area contributed by atoms with Gasteiger partial charge in [-0.05, 0) is 6.92 Å². The van der Waals surface area contributed by atoms with Gasteiger partial charge >= 0.3 is 5.97 Å². The molecular formula is C11H13N7O2. The average Bonchev–Trinajstić information content (AvgIpc) is 2.90. The van der Waals surface area contributed by atoms with Crippen molar-refractivity contribution in [3.63, 3.8) is 0 Å². The van der Waals surface area contributed by atoms with Gasteiger partial charge in [0.15, 0.2) is 0 Å². The maximum absolute atomic E-state index is 10.5. The number of nitriles is 1. The number of nitrogens with one attached hydrogen (secondary N) is 1. The van der Waals surface area contributed by atoms with E-state index in [1.165, 1.54) is 10.9 Å². The largest absolute Gasteiger partial charge is 0.480 e. The summed E-state index contributed by atoms with van der Waals surface area (Å²) in [7, 11) is 1.73. The van der Waals surface area contributed by atoms with Gasteiger partial charge in [0.1, 0.15) is 29.7 Å². The second-order valence-electron chi connectivity index (χ2n) is 4.20. The van der Waals surface area contributed by atoms with E-state index in [4.69, 9.17) is 10.4 Å². The molecule has 0 aromatic carbocycles. The lowest BCUT2D eigenvalue weighted by Gasteiger charge is -2.04. The van der Waals surface area contributed by atoms with Crippen LogP contribution in [0.1, 0.15) is 17.0 Å². The van der Waals surface area contributed by atoms with E-state index in [9.17, 15) is 4.79 Å². The van der Waals surface area contributed by atoms with E-state index < -0.39 is 5.97 Å². The van der Waals surface area contributed by atoms with E-state index in [0.717, 1.165) is 0 Å². The second kappa shape index (κ2) is 5.40. The number of carboxylic acids is 1. The molecule has 0 amide bonds. The SMILES string of the molecule is Cc1nn(C)c(NCc2cn(CC(=O)O)nn2)c1C#N. The molecule has 0 spiro atoms. The monoisotopic (exact) mass is 275 g/mol. The minimum atomic E-state index is -0.983. The van der Waals surface area contributed by atoms with Crippen LogP contribution in [0.25, 0.3) is 0 Å². The number of aliphatic carboxylic acids is 1. The van der Waals surface area contributed by atoms with E-state index in [0.29, 0.717) is 29.3 Å². The number of aryl methyl sites for hydroxylation is 2. The molecular weight excluding hydrogens is 262 g/mol. The molecule has 0 aliphatic carbocycles. The number of rotatable bonds is 5. The zero-order valence-corrected chi connectivity index (χ0v) is 11.0. The minimum absolute atomic E-state index is 0.235. The van der Waals surface area contributed by atoms with Crippen LogP contribution in [0.2, 0.25) is 0 Å². The number of anilines is 1. The van der Waals surface area contributed by atoms with Crippen LogP contribution in [0.4, 0.5) is 5.82 Å². The van der Waals surface area contributed by atoms with Crippen LogP contribution >= 0.6 is 0 Å². The average molecular weight is 275 g/mol. The summed E-state index contributed by atoms with van der Waals surface area (Å²) in [5, 5.41) is 32.5. The molecule has 0 bridgehead atoms. The predicted octanol–water partition coefficient (Wildman–Crippen LogP) is -0.112. The van der Waals surface area contributed by atoms with Gasteiger partial charge in [-0.25, -0.2) is 4.68 Å². The summed E-state index contributed by atoms with van der Waals surface area (Å²) < 4.78 is 2.81. The van der Waals surface area contributed by atoms with Crippen LogP contribution in [0.3, 0.4) is 0 Å². The van der Waals surface area contributed by atoms with Crippen molar-refractivity contribution in [1.29, 1.82) is 5.26 Å². The van der Waals surface area contributed by atoms with Crippen molar-refractivity contribution in [2.45, 2.75) is 20.0 Å². The van der Waals surface area contributed by atoms with Crippen LogP contribution in [0.5, 0.6) is 0 Å². The Morgan fingerprint density at radius 2 is 2.35 bits per heavy atom. The predicted molar refractivity (Wildman–Crippen MR) is 67.6 cm³/mol. The molecule has 20 heavy (non-hydrogen) atoms. The third-order valence-corrected chi connectivity index (χ3v) is 2.65. The molecule has 0 unspecified atom stereocenters. The molecule has 2 aromatic rings. The van der Waals surface area contributed by atoms with Crippen LogP contribution in [-0.2, 0) is 24.9 Å². The van der Waals surface area contributed by atoms with Crippen molar-refractivity contribution >= 4 is 11.8 Å². The number of carbonyl (C=O) groups is 1. The first kappa shape index (κ1) is 13.5. The van der Waals surface area contributed by atoms with Crippen molar-refractivity contribution in [2.24, 2.45) is 7.05 Å². The highest BCUT2D eigenvalue weighted by molar-refractivity contribution is 5.66. The third kappa shape index (κ3) is 2.74. The molecule has 104 valence electrons. The highest BCUT2D eigenvalue weighted by atomic mass is 16.4. The highest BCUT2D eigenvalue weighted by Gasteiger charge is 2.13. The topological polar surface area (TPSA) is 122 Å². The Morgan fingerprint density at radius 1 is 1.60 bits per heavy atom. The summed E-state index contributed by atoms with van der Waals surface area (Å²) in [5.74, 6) is -0.388. The molecule has 2 aromatic heterocycles. The van der Waals surface area contributed by atoms with Gasteiger partial charge in [-0.15, -0.1) is 5.10 Å². The lowest BCUT2D eigenvalue weighted by atomic mass is 10.2. The van der Waals surface area contributed by atoms with Gasteiger partial charge in [0.25, 0.3) is 0 Å².